The number of nitrogens with one attached hydrogen (secondary N) is 3. The van der Waals surface area contributed by atoms with Crippen molar-refractivity contribution in [3.8, 4) is 11.8 Å². The van der Waals surface area contributed by atoms with Gasteiger partial charge in [-0.2, -0.15) is 19.6 Å². The molecule has 0 amide bonds. The van der Waals surface area contributed by atoms with E-state index in [2.05, 4.69) is 70.1 Å². The summed E-state index contributed by atoms with van der Waals surface area (Å²) in [5.74, 6) is 0.197. The van der Waals surface area contributed by atoms with E-state index in [4.69, 9.17) is 0 Å². The Hall–Kier alpha value is -3.85. The average molecular weight is 507 g/mol. The van der Waals surface area contributed by atoms with Crippen molar-refractivity contribution in [3.05, 3.63) is 45.8 Å². The average Bonchev–Trinajstić information content (AvgIpc) is 3.59. The van der Waals surface area contributed by atoms with Crippen LogP contribution in [-0.2, 0) is 7.05 Å². The second-order valence-corrected chi connectivity index (χ2v) is 11.3. The van der Waals surface area contributed by atoms with Gasteiger partial charge in [0, 0.05) is 24.2 Å². The van der Waals surface area contributed by atoms with Crippen LogP contribution in [0, 0.1) is 17.1 Å². The van der Waals surface area contributed by atoms with E-state index >= 15 is 4.39 Å². The zero-order valence-corrected chi connectivity index (χ0v) is 21.6. The third-order valence-corrected chi connectivity index (χ3v) is 6.77. The highest BCUT2D eigenvalue weighted by Gasteiger charge is 2.38. The molecule has 0 atom stereocenters. The summed E-state index contributed by atoms with van der Waals surface area (Å²) in [4.78, 5) is 21.3. The van der Waals surface area contributed by atoms with E-state index < -0.39 is 11.5 Å². The first kappa shape index (κ1) is 24.8. The van der Waals surface area contributed by atoms with Gasteiger partial charge in [-0.15, -0.1) is 0 Å². The fourth-order valence-electron chi connectivity index (χ4n) is 5.41. The Kier molecular flexibility index (Phi) is 5.98. The first-order chi connectivity index (χ1) is 17.4. The van der Waals surface area contributed by atoms with Crippen LogP contribution in [0.25, 0.3) is 5.69 Å². The maximum absolute atomic E-state index is 15.2. The molecule has 1 saturated carbocycles. The van der Waals surface area contributed by atoms with Crippen molar-refractivity contribution >= 4 is 17.5 Å². The predicted molar refractivity (Wildman–Crippen MR) is 137 cm³/mol. The summed E-state index contributed by atoms with van der Waals surface area (Å²) in [6, 6.07) is 5.17. The van der Waals surface area contributed by atoms with Gasteiger partial charge in [-0.1, -0.05) is 0 Å². The van der Waals surface area contributed by atoms with Crippen molar-refractivity contribution < 1.29 is 4.39 Å². The zero-order chi connectivity index (χ0) is 26.5. The van der Waals surface area contributed by atoms with E-state index in [-0.39, 0.29) is 34.7 Å². The second kappa shape index (κ2) is 8.92. The van der Waals surface area contributed by atoms with Crippen LogP contribution in [0.4, 0.5) is 21.8 Å². The number of nitrogens with zero attached hydrogens (tertiary/aromatic N) is 7. The van der Waals surface area contributed by atoms with Crippen molar-refractivity contribution in [2.24, 2.45) is 7.05 Å². The first-order valence-corrected chi connectivity index (χ1v) is 12.4. The van der Waals surface area contributed by atoms with Gasteiger partial charge in [0.2, 0.25) is 5.95 Å². The molecule has 5 rings (SSSR count). The molecule has 194 valence electrons. The van der Waals surface area contributed by atoms with Gasteiger partial charge in [-0.25, -0.2) is 14.2 Å². The normalized spacial score (nSPS) is 18.8. The number of rotatable bonds is 6. The minimum Gasteiger partial charge on any atom is -0.366 e. The minimum atomic E-state index is -0.494. The molecule has 37 heavy (non-hydrogen) atoms. The fourth-order valence-corrected chi connectivity index (χ4v) is 5.41. The Morgan fingerprint density at radius 1 is 1.16 bits per heavy atom. The number of hydrogen-bond donors (Lipinski definition) is 3. The lowest BCUT2D eigenvalue weighted by Crippen LogP contribution is -2.60. The quantitative estimate of drug-likeness (QED) is 0.460. The summed E-state index contributed by atoms with van der Waals surface area (Å²) in [5.41, 5.74) is 0.963. The van der Waals surface area contributed by atoms with Crippen molar-refractivity contribution in [3.63, 3.8) is 0 Å². The summed E-state index contributed by atoms with van der Waals surface area (Å²) in [6.07, 6.45) is 4.93. The van der Waals surface area contributed by atoms with Crippen molar-refractivity contribution in [1.29, 1.82) is 5.26 Å². The molecular weight excluding hydrogens is 475 g/mol. The van der Waals surface area contributed by atoms with Crippen molar-refractivity contribution in [2.45, 2.75) is 76.4 Å². The lowest BCUT2D eigenvalue weighted by Gasteiger charge is -2.46. The maximum Gasteiger partial charge on any atom is 0.368 e. The molecule has 2 aromatic heterocycles. The Balaban J connectivity index is 1.46. The molecule has 0 radical (unpaired) electrons. The number of anilines is 3. The number of halogens is 1. The van der Waals surface area contributed by atoms with E-state index in [9.17, 15) is 10.1 Å². The molecular formula is C25H31FN10O. The van der Waals surface area contributed by atoms with Gasteiger partial charge in [0.05, 0.1) is 17.6 Å². The first-order valence-electron chi connectivity index (χ1n) is 12.4. The number of aromatic nitrogens is 6. The molecule has 3 heterocycles. The standard InChI is InChI=1S/C25H31FN10O/c1-24(2)10-16(11-25(3,4)32-24)29-21-15(12-27)13-28-22(31-21)30-19-9-20(36-23(37)35(5)33-34-36)17(8-18(19)26)14-6-7-14/h8-9,13-14,16,32H,6-7,10-11H2,1-5H3,(H2,28,29,30,31). The molecule has 12 heteroatoms. The Bertz CT molecular complexity index is 1430. The van der Waals surface area contributed by atoms with Crippen LogP contribution in [0.5, 0.6) is 0 Å². The van der Waals surface area contributed by atoms with E-state index in [1.165, 1.54) is 30.1 Å². The lowest BCUT2D eigenvalue weighted by molar-refractivity contribution is 0.170. The fraction of sp³-hybridized carbons (Fsp3) is 0.520. The highest BCUT2D eigenvalue weighted by molar-refractivity contribution is 5.64. The molecule has 3 N–H and O–H groups in total. The summed E-state index contributed by atoms with van der Waals surface area (Å²) >= 11 is 0. The second-order valence-electron chi connectivity index (χ2n) is 11.3. The Morgan fingerprint density at radius 2 is 1.86 bits per heavy atom. The number of nitriles is 1. The Morgan fingerprint density at radius 3 is 2.46 bits per heavy atom. The van der Waals surface area contributed by atoms with Gasteiger partial charge < -0.3 is 16.0 Å². The molecule has 1 aliphatic heterocycles. The molecule has 1 saturated heterocycles. The van der Waals surface area contributed by atoms with E-state index in [0.29, 0.717) is 22.6 Å². The van der Waals surface area contributed by atoms with Gasteiger partial charge in [-0.05, 0) is 87.4 Å². The third kappa shape index (κ3) is 5.17. The molecule has 1 aromatic carbocycles. The van der Waals surface area contributed by atoms with Crippen LogP contribution in [0.3, 0.4) is 0 Å². The largest absolute Gasteiger partial charge is 0.368 e. The van der Waals surface area contributed by atoms with Crippen molar-refractivity contribution in [1.82, 2.24) is 35.1 Å². The van der Waals surface area contributed by atoms with Crippen LogP contribution >= 0.6 is 0 Å². The summed E-state index contributed by atoms with van der Waals surface area (Å²) < 4.78 is 17.5. The van der Waals surface area contributed by atoms with Crippen LogP contribution in [0.2, 0.25) is 0 Å². The third-order valence-electron chi connectivity index (χ3n) is 6.77. The van der Waals surface area contributed by atoms with Gasteiger partial charge >= 0.3 is 5.69 Å². The summed E-state index contributed by atoms with van der Waals surface area (Å²) in [6.45, 7) is 8.59. The highest BCUT2D eigenvalue weighted by Crippen LogP contribution is 2.44. The van der Waals surface area contributed by atoms with Gasteiger partial charge in [-0.3, -0.25) is 0 Å². The topological polar surface area (TPSA) is 138 Å². The lowest BCUT2D eigenvalue weighted by atomic mass is 9.79. The van der Waals surface area contributed by atoms with Crippen LogP contribution in [-0.4, -0.2) is 46.9 Å². The van der Waals surface area contributed by atoms with Crippen LogP contribution in [0.1, 0.15) is 70.4 Å². The molecule has 3 aromatic rings. The molecule has 0 spiro atoms. The predicted octanol–water partition coefficient (Wildman–Crippen LogP) is 3.11. The number of hydrogen-bond acceptors (Lipinski definition) is 9. The maximum atomic E-state index is 15.2. The number of benzene rings is 1. The number of tetrazole rings is 1. The summed E-state index contributed by atoms with van der Waals surface area (Å²) in [5, 5.41) is 27.4. The smallest absolute Gasteiger partial charge is 0.366 e. The number of piperidine rings is 1. The van der Waals surface area contributed by atoms with Crippen LogP contribution < -0.4 is 21.6 Å². The van der Waals surface area contributed by atoms with Gasteiger partial charge in [0.15, 0.2) is 0 Å². The molecule has 2 aliphatic rings. The monoisotopic (exact) mass is 506 g/mol. The van der Waals surface area contributed by atoms with E-state index in [1.807, 2.05) is 0 Å². The zero-order valence-electron chi connectivity index (χ0n) is 21.6. The number of aryl methyl sites for hydroxylation is 1. The summed E-state index contributed by atoms with van der Waals surface area (Å²) in [7, 11) is 1.51. The molecule has 1 aliphatic carbocycles. The van der Waals surface area contributed by atoms with Gasteiger partial charge in [0.25, 0.3) is 0 Å². The highest BCUT2D eigenvalue weighted by atomic mass is 19.1. The molecule has 0 unspecified atom stereocenters. The molecule has 2 fully saturated rings. The molecule has 0 bridgehead atoms. The minimum absolute atomic E-state index is 0.0748. The molecule has 11 nitrogen and oxygen atoms in total. The van der Waals surface area contributed by atoms with Crippen LogP contribution in [0.15, 0.2) is 23.1 Å². The van der Waals surface area contributed by atoms with E-state index in [1.54, 1.807) is 0 Å². The Labute approximate surface area is 214 Å². The van der Waals surface area contributed by atoms with E-state index in [0.717, 1.165) is 30.4 Å². The SMILES string of the molecule is Cn1nnn(-c2cc(Nc3ncc(C#N)c(NC4CC(C)(C)NC(C)(C)C4)n3)c(F)cc2C2CC2)c1=O. The van der Waals surface area contributed by atoms with Gasteiger partial charge in [0.1, 0.15) is 23.3 Å². The van der Waals surface area contributed by atoms with Crippen molar-refractivity contribution in [2.75, 3.05) is 10.6 Å².